The smallest absolute Gasteiger partial charge is 0.305 e. The highest BCUT2D eigenvalue weighted by Gasteiger charge is 2.27. The fourth-order valence-corrected chi connectivity index (χ4v) is 3.21. The highest BCUT2D eigenvalue weighted by Crippen LogP contribution is 2.41. The van der Waals surface area contributed by atoms with Crippen molar-refractivity contribution in [3.8, 4) is 11.8 Å². The van der Waals surface area contributed by atoms with E-state index in [9.17, 15) is 9.90 Å². The lowest BCUT2D eigenvalue weighted by Crippen LogP contribution is -2.20. The summed E-state index contributed by atoms with van der Waals surface area (Å²) in [6, 6.07) is 0. The molecule has 1 aliphatic rings. The van der Waals surface area contributed by atoms with Crippen molar-refractivity contribution in [1.29, 1.82) is 0 Å². The molecule has 0 aromatic rings. The molecule has 0 heterocycles. The van der Waals surface area contributed by atoms with Crippen molar-refractivity contribution in [2.24, 2.45) is 5.41 Å². The Balaban J connectivity index is 2.67. The second kappa shape index (κ2) is 10.4. The predicted octanol–water partition coefficient (Wildman–Crippen LogP) is 5.11. The van der Waals surface area contributed by atoms with Crippen molar-refractivity contribution in [1.82, 2.24) is 0 Å². The van der Waals surface area contributed by atoms with Crippen LogP contribution in [0.15, 0.2) is 34.4 Å². The van der Waals surface area contributed by atoms with Crippen LogP contribution in [0.1, 0.15) is 73.6 Å². The van der Waals surface area contributed by atoms with E-state index in [1.54, 1.807) is 19.9 Å². The van der Waals surface area contributed by atoms with Gasteiger partial charge in [0.05, 0.1) is 0 Å². The van der Waals surface area contributed by atoms with Crippen LogP contribution in [-0.2, 0) is 9.53 Å². The van der Waals surface area contributed by atoms with Crippen LogP contribution in [0.4, 0.5) is 0 Å². The normalized spacial score (nSPS) is 18.9. The summed E-state index contributed by atoms with van der Waals surface area (Å²) in [6.45, 7) is 12.6. The molecule has 0 radical (unpaired) electrons. The number of aliphatic hydroxyl groups is 1. The van der Waals surface area contributed by atoms with Gasteiger partial charge in [-0.1, -0.05) is 49.8 Å². The Labute approximate surface area is 159 Å². The quantitative estimate of drug-likeness (QED) is 0.407. The van der Waals surface area contributed by atoms with Crippen LogP contribution in [-0.4, -0.2) is 23.8 Å². The number of carbonyl (C=O) groups is 1. The van der Waals surface area contributed by atoms with Crippen LogP contribution in [0.3, 0.4) is 0 Å². The molecule has 1 atom stereocenters. The van der Waals surface area contributed by atoms with Gasteiger partial charge in [0.25, 0.3) is 0 Å². The van der Waals surface area contributed by atoms with E-state index in [1.165, 1.54) is 30.4 Å². The summed E-state index contributed by atoms with van der Waals surface area (Å²) in [7, 11) is 0. The minimum absolute atomic E-state index is 0.175. The highest BCUT2D eigenvalue weighted by atomic mass is 16.5. The van der Waals surface area contributed by atoms with E-state index in [4.69, 9.17) is 4.74 Å². The molecule has 0 fully saturated rings. The van der Waals surface area contributed by atoms with Crippen molar-refractivity contribution in [2.45, 2.75) is 79.8 Å². The van der Waals surface area contributed by atoms with Gasteiger partial charge in [0, 0.05) is 6.42 Å². The van der Waals surface area contributed by atoms with Gasteiger partial charge in [-0.05, 0) is 69.1 Å². The zero-order valence-electron chi connectivity index (χ0n) is 17.2. The first-order chi connectivity index (χ1) is 12.2. The lowest BCUT2D eigenvalue weighted by atomic mass is 9.71. The van der Waals surface area contributed by atoms with Gasteiger partial charge < -0.3 is 9.84 Å². The van der Waals surface area contributed by atoms with Gasteiger partial charge >= 0.3 is 5.97 Å². The lowest BCUT2D eigenvalue weighted by Gasteiger charge is -2.34. The Kier molecular flexibility index (Phi) is 8.88. The summed E-state index contributed by atoms with van der Waals surface area (Å²) in [5.41, 5.74) is 4.97. The Bertz CT molecular complexity index is 651. The standard InChI is InChI=1S/C23H34O3/c1-7-22(25)26-16-14-19(4)21(24)13-11-17(2)10-12-20-18(3)9-8-15-23(20,5)6/h10,14,21,24H,7-9,12,15-16H2,1-6H3/b17-10+,19-14+. The van der Waals surface area contributed by atoms with Gasteiger partial charge in [0.2, 0.25) is 0 Å². The molecule has 0 bridgehead atoms. The zero-order chi connectivity index (χ0) is 19.7. The molecule has 1 aliphatic carbocycles. The van der Waals surface area contributed by atoms with Gasteiger partial charge in [-0.25, -0.2) is 0 Å². The van der Waals surface area contributed by atoms with E-state index in [-0.39, 0.29) is 18.0 Å². The van der Waals surface area contributed by atoms with Gasteiger partial charge in [-0.2, -0.15) is 0 Å². The van der Waals surface area contributed by atoms with Crippen molar-refractivity contribution >= 4 is 5.97 Å². The molecule has 1 rings (SSSR count). The summed E-state index contributed by atoms with van der Waals surface area (Å²) in [6.07, 6.45) is 8.01. The largest absolute Gasteiger partial charge is 0.461 e. The molecule has 0 saturated carbocycles. The molecule has 1 unspecified atom stereocenters. The third kappa shape index (κ3) is 7.22. The minimum atomic E-state index is -0.842. The minimum Gasteiger partial charge on any atom is -0.461 e. The number of hydrogen-bond donors (Lipinski definition) is 1. The molecular formula is C23H34O3. The molecule has 0 aliphatic heterocycles. The van der Waals surface area contributed by atoms with Crippen LogP contribution in [0, 0.1) is 17.3 Å². The fourth-order valence-electron chi connectivity index (χ4n) is 3.21. The van der Waals surface area contributed by atoms with Crippen LogP contribution >= 0.6 is 0 Å². The van der Waals surface area contributed by atoms with Crippen LogP contribution in [0.25, 0.3) is 0 Å². The maximum Gasteiger partial charge on any atom is 0.305 e. The molecule has 3 heteroatoms. The SMILES string of the molecule is CCC(=O)OC/C=C(\C)C(O)C#C/C(C)=C/CC1=C(C)CCCC1(C)C. The Morgan fingerprint density at radius 1 is 1.35 bits per heavy atom. The molecule has 0 aromatic carbocycles. The van der Waals surface area contributed by atoms with Crippen molar-refractivity contribution < 1.29 is 14.6 Å². The van der Waals surface area contributed by atoms with Gasteiger partial charge in [0.15, 0.2) is 0 Å². The summed E-state index contributed by atoms with van der Waals surface area (Å²) >= 11 is 0. The van der Waals surface area contributed by atoms with Crippen LogP contribution in [0.2, 0.25) is 0 Å². The van der Waals surface area contributed by atoms with Crippen molar-refractivity contribution in [2.75, 3.05) is 6.61 Å². The molecule has 0 amide bonds. The summed E-state index contributed by atoms with van der Waals surface area (Å²) in [5.74, 6) is 5.67. The second-order valence-electron chi connectivity index (χ2n) is 7.74. The van der Waals surface area contributed by atoms with E-state index in [2.05, 4.69) is 38.7 Å². The Morgan fingerprint density at radius 2 is 2.04 bits per heavy atom. The molecular weight excluding hydrogens is 324 g/mol. The average molecular weight is 359 g/mol. The van der Waals surface area contributed by atoms with E-state index < -0.39 is 6.10 Å². The number of esters is 1. The zero-order valence-corrected chi connectivity index (χ0v) is 17.2. The molecule has 0 saturated heterocycles. The maximum atomic E-state index is 11.1. The Hall–Kier alpha value is -1.79. The summed E-state index contributed by atoms with van der Waals surface area (Å²) < 4.78 is 4.98. The molecule has 0 spiro atoms. The van der Waals surface area contributed by atoms with Gasteiger partial charge in [-0.15, -0.1) is 0 Å². The molecule has 144 valence electrons. The average Bonchev–Trinajstić information content (AvgIpc) is 2.58. The number of carbonyl (C=O) groups excluding carboxylic acids is 1. The number of allylic oxidation sites excluding steroid dienone is 4. The van der Waals surface area contributed by atoms with Crippen LogP contribution in [0.5, 0.6) is 0 Å². The molecule has 26 heavy (non-hydrogen) atoms. The highest BCUT2D eigenvalue weighted by molar-refractivity contribution is 5.68. The third-order valence-electron chi connectivity index (χ3n) is 5.07. The summed E-state index contributed by atoms with van der Waals surface area (Å²) in [5, 5.41) is 10.1. The third-order valence-corrected chi connectivity index (χ3v) is 5.07. The first kappa shape index (κ1) is 22.3. The van der Waals surface area contributed by atoms with Gasteiger partial charge in [-0.3, -0.25) is 4.79 Å². The predicted molar refractivity (Wildman–Crippen MR) is 107 cm³/mol. The first-order valence-corrected chi connectivity index (χ1v) is 9.55. The topological polar surface area (TPSA) is 46.5 Å². The van der Waals surface area contributed by atoms with Gasteiger partial charge in [0.1, 0.15) is 12.7 Å². The fraction of sp³-hybridized carbons (Fsp3) is 0.609. The number of hydrogen-bond acceptors (Lipinski definition) is 3. The van der Waals surface area contributed by atoms with E-state index >= 15 is 0 Å². The Morgan fingerprint density at radius 3 is 2.65 bits per heavy atom. The molecule has 0 aromatic heterocycles. The lowest BCUT2D eigenvalue weighted by molar-refractivity contribution is -0.142. The van der Waals surface area contributed by atoms with Crippen LogP contribution < -0.4 is 0 Å². The maximum absolute atomic E-state index is 11.1. The van der Waals surface area contributed by atoms with Crippen molar-refractivity contribution in [3.63, 3.8) is 0 Å². The second-order valence-corrected chi connectivity index (χ2v) is 7.74. The first-order valence-electron chi connectivity index (χ1n) is 9.55. The van der Waals surface area contributed by atoms with E-state index in [0.717, 1.165) is 12.0 Å². The van der Waals surface area contributed by atoms with E-state index in [1.807, 2.05) is 6.92 Å². The molecule has 1 N–H and O–H groups in total. The van der Waals surface area contributed by atoms with Crippen molar-refractivity contribution in [3.05, 3.63) is 34.4 Å². The van der Waals surface area contributed by atoms with E-state index in [0.29, 0.717) is 12.0 Å². The summed E-state index contributed by atoms with van der Waals surface area (Å²) in [4.78, 5) is 11.1. The molecule has 3 nitrogen and oxygen atoms in total. The number of ether oxygens (including phenoxy) is 1. The number of aliphatic hydroxyl groups excluding tert-OH is 1. The monoisotopic (exact) mass is 358 g/mol. The number of rotatable bonds is 6.